The molecule has 7 heteroatoms. The van der Waals surface area contributed by atoms with Crippen molar-refractivity contribution in [1.29, 1.82) is 0 Å². The van der Waals surface area contributed by atoms with Crippen molar-refractivity contribution in [3.8, 4) is 0 Å². The highest BCUT2D eigenvalue weighted by Crippen LogP contribution is 2.28. The Morgan fingerprint density at radius 1 is 1.04 bits per heavy atom. The molecule has 0 saturated heterocycles. The molecule has 0 bridgehead atoms. The molecule has 1 N–H and O–H groups in total. The first-order chi connectivity index (χ1) is 12.3. The van der Waals surface area contributed by atoms with Crippen molar-refractivity contribution in [3.05, 3.63) is 72.5 Å². The Kier molecular flexibility index (Phi) is 4.90. The van der Waals surface area contributed by atoms with Gasteiger partial charge in [0, 0.05) is 11.1 Å². The average molecular weight is 372 g/mol. The average Bonchev–Trinajstić information content (AvgIpc) is 2.58. The van der Waals surface area contributed by atoms with Crippen molar-refractivity contribution >= 4 is 38.1 Å². The van der Waals surface area contributed by atoms with Crippen LogP contribution in [0, 0.1) is 5.82 Å². The minimum absolute atomic E-state index is 0.265. The van der Waals surface area contributed by atoms with E-state index in [1.54, 1.807) is 24.3 Å². The molecule has 0 aliphatic rings. The van der Waals surface area contributed by atoms with Crippen LogP contribution in [0.3, 0.4) is 0 Å². The topological polar surface area (TPSA) is 66.5 Å². The zero-order valence-electron chi connectivity index (χ0n) is 14.0. The van der Waals surface area contributed by atoms with E-state index >= 15 is 0 Å². The summed E-state index contributed by atoms with van der Waals surface area (Å²) in [6.45, 7) is -0.413. The van der Waals surface area contributed by atoms with Gasteiger partial charge >= 0.3 is 0 Å². The predicted molar refractivity (Wildman–Crippen MR) is 101 cm³/mol. The normalized spacial score (nSPS) is 11.3. The van der Waals surface area contributed by atoms with E-state index in [2.05, 4.69) is 5.32 Å². The Balaban J connectivity index is 1.93. The summed E-state index contributed by atoms with van der Waals surface area (Å²) in [5, 5.41) is 4.10. The van der Waals surface area contributed by atoms with E-state index in [0.29, 0.717) is 5.69 Å². The van der Waals surface area contributed by atoms with Gasteiger partial charge in [-0.2, -0.15) is 0 Å². The van der Waals surface area contributed by atoms with E-state index in [0.717, 1.165) is 21.3 Å². The number of anilines is 2. The number of carbonyl (C=O) groups excluding carboxylic acids is 1. The van der Waals surface area contributed by atoms with Gasteiger partial charge in [0.25, 0.3) is 0 Å². The van der Waals surface area contributed by atoms with Gasteiger partial charge in [-0.25, -0.2) is 12.8 Å². The van der Waals surface area contributed by atoms with Crippen LogP contribution in [-0.4, -0.2) is 27.1 Å². The van der Waals surface area contributed by atoms with Crippen LogP contribution in [0.1, 0.15) is 0 Å². The number of nitrogens with zero attached hydrogens (tertiary/aromatic N) is 1. The highest BCUT2D eigenvalue weighted by Gasteiger charge is 2.22. The number of nitrogens with one attached hydrogen (secondary N) is 1. The summed E-state index contributed by atoms with van der Waals surface area (Å²) in [5.74, 6) is -1.05. The fourth-order valence-corrected chi connectivity index (χ4v) is 3.57. The summed E-state index contributed by atoms with van der Waals surface area (Å²) in [6, 6.07) is 18.0. The van der Waals surface area contributed by atoms with Gasteiger partial charge in [-0.15, -0.1) is 0 Å². The number of hydrogen-bond donors (Lipinski definition) is 1. The molecule has 0 spiro atoms. The van der Waals surface area contributed by atoms with E-state index in [1.165, 1.54) is 24.3 Å². The van der Waals surface area contributed by atoms with E-state index in [1.807, 2.05) is 18.2 Å². The number of rotatable bonds is 5. The van der Waals surface area contributed by atoms with Crippen LogP contribution in [0.25, 0.3) is 10.8 Å². The largest absolute Gasteiger partial charge is 0.324 e. The minimum atomic E-state index is -3.71. The summed E-state index contributed by atoms with van der Waals surface area (Å²) in [4.78, 5) is 12.4. The number of hydrogen-bond acceptors (Lipinski definition) is 3. The Morgan fingerprint density at radius 3 is 2.46 bits per heavy atom. The van der Waals surface area contributed by atoms with E-state index < -0.39 is 28.3 Å². The van der Waals surface area contributed by atoms with Crippen LogP contribution < -0.4 is 9.62 Å². The number of sulfonamides is 1. The monoisotopic (exact) mass is 372 g/mol. The lowest BCUT2D eigenvalue weighted by Crippen LogP contribution is -2.37. The van der Waals surface area contributed by atoms with Crippen molar-refractivity contribution in [3.63, 3.8) is 0 Å². The first-order valence-electron chi connectivity index (χ1n) is 7.85. The summed E-state index contributed by atoms with van der Waals surface area (Å²) >= 11 is 0. The molecule has 26 heavy (non-hydrogen) atoms. The van der Waals surface area contributed by atoms with Gasteiger partial charge in [-0.3, -0.25) is 9.10 Å². The summed E-state index contributed by atoms with van der Waals surface area (Å²) in [5.41, 5.74) is 0.682. The lowest BCUT2D eigenvalue weighted by Gasteiger charge is -2.23. The standard InChI is InChI=1S/C19H17FN2O3S/c1-26(24,25)22(13-19(23)21-16-9-5-8-15(20)12-16)18-11-4-7-14-6-2-3-10-17(14)18/h2-12H,13H2,1H3,(H,21,23). The van der Waals surface area contributed by atoms with Gasteiger partial charge in [0.1, 0.15) is 12.4 Å². The maximum atomic E-state index is 13.3. The molecule has 134 valence electrons. The van der Waals surface area contributed by atoms with Gasteiger partial charge in [0.05, 0.1) is 11.9 Å². The Labute approximate surface area is 151 Å². The van der Waals surface area contributed by atoms with Gasteiger partial charge in [0.2, 0.25) is 15.9 Å². The summed E-state index contributed by atoms with van der Waals surface area (Å²) < 4.78 is 38.9. The van der Waals surface area contributed by atoms with Crippen molar-refractivity contribution < 1.29 is 17.6 Å². The van der Waals surface area contributed by atoms with Gasteiger partial charge in [0.15, 0.2) is 0 Å². The van der Waals surface area contributed by atoms with Gasteiger partial charge in [-0.1, -0.05) is 42.5 Å². The lowest BCUT2D eigenvalue weighted by molar-refractivity contribution is -0.114. The molecule has 0 aromatic heterocycles. The van der Waals surface area contributed by atoms with E-state index in [9.17, 15) is 17.6 Å². The summed E-state index contributed by atoms with van der Waals surface area (Å²) in [7, 11) is -3.71. The Hall–Kier alpha value is -2.93. The highest BCUT2D eigenvalue weighted by molar-refractivity contribution is 7.92. The fraction of sp³-hybridized carbons (Fsp3) is 0.105. The maximum Gasteiger partial charge on any atom is 0.245 e. The Morgan fingerprint density at radius 2 is 1.73 bits per heavy atom. The number of fused-ring (bicyclic) bond motifs is 1. The number of amides is 1. The molecule has 0 fully saturated rings. The molecular weight excluding hydrogens is 355 g/mol. The van der Waals surface area contributed by atoms with Crippen molar-refractivity contribution in [2.75, 3.05) is 22.4 Å². The zero-order valence-corrected chi connectivity index (χ0v) is 14.8. The third kappa shape index (κ3) is 4.00. The SMILES string of the molecule is CS(=O)(=O)N(CC(=O)Nc1cccc(F)c1)c1cccc2ccccc12. The first kappa shape index (κ1) is 17.9. The van der Waals surface area contributed by atoms with Gasteiger partial charge in [-0.05, 0) is 29.7 Å². The highest BCUT2D eigenvalue weighted by atomic mass is 32.2. The number of benzene rings is 3. The lowest BCUT2D eigenvalue weighted by atomic mass is 10.1. The molecule has 3 aromatic carbocycles. The van der Waals surface area contributed by atoms with Crippen LogP contribution >= 0.6 is 0 Å². The molecule has 1 amide bonds. The Bertz CT molecular complexity index is 1060. The quantitative estimate of drug-likeness (QED) is 0.747. The fourth-order valence-electron chi connectivity index (χ4n) is 2.70. The zero-order chi connectivity index (χ0) is 18.7. The smallest absolute Gasteiger partial charge is 0.245 e. The molecule has 0 atom stereocenters. The van der Waals surface area contributed by atoms with E-state index in [-0.39, 0.29) is 5.69 Å². The van der Waals surface area contributed by atoms with Crippen LogP contribution in [0.15, 0.2) is 66.7 Å². The van der Waals surface area contributed by atoms with Gasteiger partial charge < -0.3 is 5.32 Å². The molecule has 0 aliphatic carbocycles. The second-order valence-corrected chi connectivity index (χ2v) is 7.73. The molecule has 0 saturated carbocycles. The van der Waals surface area contributed by atoms with Crippen molar-refractivity contribution in [2.24, 2.45) is 0 Å². The molecule has 0 unspecified atom stereocenters. The molecule has 3 rings (SSSR count). The second kappa shape index (κ2) is 7.13. The minimum Gasteiger partial charge on any atom is -0.324 e. The van der Waals surface area contributed by atoms with Crippen LogP contribution in [0.4, 0.5) is 15.8 Å². The van der Waals surface area contributed by atoms with Crippen LogP contribution in [-0.2, 0) is 14.8 Å². The molecule has 0 radical (unpaired) electrons. The molecule has 3 aromatic rings. The third-order valence-corrected chi connectivity index (χ3v) is 4.96. The molecular formula is C19H17FN2O3S. The molecule has 0 heterocycles. The number of carbonyl (C=O) groups is 1. The van der Waals surface area contributed by atoms with Crippen molar-refractivity contribution in [1.82, 2.24) is 0 Å². The molecule has 5 nitrogen and oxygen atoms in total. The van der Waals surface area contributed by atoms with Crippen LogP contribution in [0.5, 0.6) is 0 Å². The maximum absolute atomic E-state index is 13.3. The van der Waals surface area contributed by atoms with Crippen LogP contribution in [0.2, 0.25) is 0 Å². The van der Waals surface area contributed by atoms with Crippen molar-refractivity contribution in [2.45, 2.75) is 0 Å². The second-order valence-electron chi connectivity index (χ2n) is 5.83. The van der Waals surface area contributed by atoms with E-state index in [4.69, 9.17) is 0 Å². The first-order valence-corrected chi connectivity index (χ1v) is 9.70. The molecule has 0 aliphatic heterocycles. The summed E-state index contributed by atoms with van der Waals surface area (Å²) in [6.07, 6.45) is 1.05. The number of halogens is 1. The predicted octanol–water partition coefficient (Wildman–Crippen LogP) is 3.38. The third-order valence-electron chi connectivity index (χ3n) is 3.83.